The van der Waals surface area contributed by atoms with Gasteiger partial charge in [-0.15, -0.1) is 23.5 Å². The highest BCUT2D eigenvalue weighted by Gasteiger charge is 2.28. The predicted octanol–water partition coefficient (Wildman–Crippen LogP) is 5.87. The van der Waals surface area contributed by atoms with Crippen LogP contribution in [-0.2, 0) is 0 Å². The predicted molar refractivity (Wildman–Crippen MR) is 86.3 cm³/mol. The highest BCUT2D eigenvalue weighted by molar-refractivity contribution is 9.14. The van der Waals surface area contributed by atoms with Crippen LogP contribution in [0.4, 0.5) is 0 Å². The quantitative estimate of drug-likeness (QED) is 0.517. The highest BCUT2D eigenvalue weighted by Crippen LogP contribution is 2.64. The fraction of sp³-hybridized carbons (Fsp3) is 0.250. The monoisotopic (exact) mass is 372 g/mol. The average molecular weight is 373 g/mol. The topological polar surface area (TPSA) is 0 Å². The van der Waals surface area contributed by atoms with Crippen LogP contribution in [0.3, 0.4) is 0 Å². The van der Waals surface area contributed by atoms with Gasteiger partial charge in [-0.3, -0.25) is 0 Å². The summed E-state index contributed by atoms with van der Waals surface area (Å²) in [6.07, 6.45) is 0. The Bertz CT molecular complexity index is 376. The second-order valence-electron chi connectivity index (χ2n) is 2.69. The molecule has 0 unspecified atom stereocenters. The Morgan fingerprint density at radius 3 is 2.07 bits per heavy atom. The highest BCUT2D eigenvalue weighted by atomic mass is 79.9. The third-order valence-electron chi connectivity index (χ3n) is 1.70. The van der Waals surface area contributed by atoms with Gasteiger partial charge in [0.25, 0.3) is 0 Å². The molecule has 3 rings (SSSR count). The maximum Gasteiger partial charge on any atom is 0.0717 e. The Morgan fingerprint density at radius 2 is 1.53 bits per heavy atom. The third-order valence-corrected chi connectivity index (χ3v) is 11.2. The molecule has 80 valence electrons. The molecule has 7 heteroatoms. The van der Waals surface area contributed by atoms with Gasteiger partial charge in [0.2, 0.25) is 0 Å². The maximum absolute atomic E-state index is 3.53. The molecule has 0 aliphatic carbocycles. The largest absolute Gasteiger partial charge is 0.116 e. The molecular weight excluding hydrogens is 368 g/mol. The molecule has 0 N–H and O–H groups in total. The van der Waals surface area contributed by atoms with E-state index in [0.29, 0.717) is 0 Å². The Labute approximate surface area is 123 Å². The van der Waals surface area contributed by atoms with Crippen LogP contribution in [0, 0.1) is 0 Å². The summed E-state index contributed by atoms with van der Waals surface area (Å²) in [4.78, 5) is 0. The summed E-state index contributed by atoms with van der Waals surface area (Å²) in [6.45, 7) is 0. The molecule has 3 heterocycles. The van der Waals surface area contributed by atoms with Gasteiger partial charge in [0.15, 0.2) is 0 Å². The molecule has 0 aromatic heterocycles. The summed E-state index contributed by atoms with van der Waals surface area (Å²) < 4.78 is 7.21. The van der Waals surface area contributed by atoms with Crippen LogP contribution < -0.4 is 0 Å². The second-order valence-corrected chi connectivity index (χ2v) is 11.3. The minimum Gasteiger partial charge on any atom is -0.116 e. The van der Waals surface area contributed by atoms with Crippen molar-refractivity contribution in [2.75, 3.05) is 11.5 Å². The molecule has 0 saturated heterocycles. The van der Waals surface area contributed by atoms with E-state index >= 15 is 0 Å². The lowest BCUT2D eigenvalue weighted by atomic mass is 11.0. The zero-order valence-electron chi connectivity index (χ0n) is 7.32. The van der Waals surface area contributed by atoms with Gasteiger partial charge in [-0.1, -0.05) is 47.0 Å². The number of hydrogen-bond donors (Lipinski definition) is 0. The molecule has 0 spiro atoms. The van der Waals surface area contributed by atoms with E-state index in [4.69, 9.17) is 0 Å². The zero-order chi connectivity index (χ0) is 10.3. The first-order chi connectivity index (χ1) is 7.33. The molecule has 3 aliphatic heterocycles. The van der Waals surface area contributed by atoms with Gasteiger partial charge in [-0.2, -0.15) is 0 Å². The molecule has 3 aliphatic rings. The van der Waals surface area contributed by atoms with Crippen molar-refractivity contribution in [1.29, 1.82) is 0 Å². The first kappa shape index (κ1) is 11.9. The van der Waals surface area contributed by atoms with E-state index in [1.807, 2.05) is 70.6 Å². The summed E-state index contributed by atoms with van der Waals surface area (Å²) in [5.74, 6) is 2.53. The molecule has 0 saturated carbocycles. The van der Waals surface area contributed by atoms with Gasteiger partial charge in [-0.05, 0) is 21.3 Å². The van der Waals surface area contributed by atoms with E-state index in [0.717, 1.165) is 0 Å². The van der Waals surface area contributed by atoms with Crippen LogP contribution in [0.15, 0.2) is 26.2 Å². The van der Waals surface area contributed by atoms with Crippen LogP contribution in [0.2, 0.25) is 0 Å². The normalized spacial score (nSPS) is 26.1. The lowest BCUT2D eigenvalue weighted by Gasteiger charge is -2.08. The summed E-state index contributed by atoms with van der Waals surface area (Å²) in [5, 5.41) is 2.17. The Morgan fingerprint density at radius 1 is 0.867 bits per heavy atom. The Balaban J connectivity index is 1.79. The van der Waals surface area contributed by atoms with Gasteiger partial charge in [0.05, 0.1) is 20.8 Å². The average Bonchev–Trinajstić information content (AvgIpc) is 2.82. The van der Waals surface area contributed by atoms with Gasteiger partial charge in [-0.25, -0.2) is 0 Å². The molecule has 0 radical (unpaired) electrons. The van der Waals surface area contributed by atoms with Gasteiger partial charge in [0.1, 0.15) is 0 Å². The van der Waals surface area contributed by atoms with E-state index in [-0.39, 0.29) is 0 Å². The molecule has 0 aromatic rings. The van der Waals surface area contributed by atoms with E-state index in [9.17, 15) is 0 Å². The number of thioether (sulfide) groups is 6. The Kier molecular flexibility index (Phi) is 4.11. The van der Waals surface area contributed by atoms with E-state index in [2.05, 4.69) is 21.3 Å². The second kappa shape index (κ2) is 5.20. The van der Waals surface area contributed by atoms with Crippen LogP contribution in [0.25, 0.3) is 0 Å². The van der Waals surface area contributed by atoms with Crippen molar-refractivity contribution >= 4 is 86.5 Å². The first-order valence-electron chi connectivity index (χ1n) is 4.13. The van der Waals surface area contributed by atoms with Crippen molar-refractivity contribution in [3.8, 4) is 0 Å². The summed E-state index contributed by atoms with van der Waals surface area (Å²) in [5.41, 5.74) is 0. The van der Waals surface area contributed by atoms with Gasteiger partial charge < -0.3 is 0 Å². The van der Waals surface area contributed by atoms with E-state index < -0.39 is 0 Å². The van der Waals surface area contributed by atoms with Crippen LogP contribution in [-0.4, -0.2) is 11.5 Å². The number of halogens is 1. The van der Waals surface area contributed by atoms with Crippen molar-refractivity contribution in [1.82, 2.24) is 0 Å². The first-order valence-corrected chi connectivity index (χ1v) is 10.2. The minimum absolute atomic E-state index is 1.24. The van der Waals surface area contributed by atoms with Crippen molar-refractivity contribution in [3.63, 3.8) is 0 Å². The van der Waals surface area contributed by atoms with Crippen LogP contribution in [0.1, 0.15) is 0 Å². The maximum atomic E-state index is 3.53. The fourth-order valence-electron chi connectivity index (χ4n) is 1.13. The molecular formula is C8H5BrS6. The van der Waals surface area contributed by atoms with E-state index in [1.54, 1.807) is 0 Å². The van der Waals surface area contributed by atoms with Crippen molar-refractivity contribution < 1.29 is 0 Å². The standard InChI is InChI=1S/C8H5BrS6/c9-4-3-12-7(13-4)8-14-5-6(15-8)11-2-1-10-5/h3H,1-2H2. The van der Waals surface area contributed by atoms with Gasteiger partial charge >= 0.3 is 0 Å². The van der Waals surface area contributed by atoms with Crippen molar-refractivity contribution in [3.05, 3.63) is 26.2 Å². The molecule has 0 amide bonds. The van der Waals surface area contributed by atoms with E-state index in [1.165, 1.54) is 32.3 Å². The third kappa shape index (κ3) is 2.63. The molecule has 0 aromatic carbocycles. The van der Waals surface area contributed by atoms with Crippen molar-refractivity contribution in [2.45, 2.75) is 0 Å². The van der Waals surface area contributed by atoms with Crippen LogP contribution in [0.5, 0.6) is 0 Å². The smallest absolute Gasteiger partial charge is 0.0717 e. The Hall–Kier alpha value is 1.80. The lowest BCUT2D eigenvalue weighted by molar-refractivity contribution is 1.56. The zero-order valence-corrected chi connectivity index (χ0v) is 13.8. The molecule has 0 atom stereocenters. The van der Waals surface area contributed by atoms with Crippen molar-refractivity contribution in [2.24, 2.45) is 0 Å². The lowest BCUT2D eigenvalue weighted by Crippen LogP contribution is -1.88. The number of rotatable bonds is 0. The summed E-state index contributed by atoms with van der Waals surface area (Å²) >= 11 is 15.2. The molecule has 0 bridgehead atoms. The van der Waals surface area contributed by atoms with Crippen LogP contribution >= 0.6 is 86.5 Å². The number of hydrogen-bond acceptors (Lipinski definition) is 6. The molecule has 0 fully saturated rings. The minimum atomic E-state index is 1.24. The van der Waals surface area contributed by atoms with Gasteiger partial charge in [0, 0.05) is 11.5 Å². The fourth-order valence-corrected chi connectivity index (χ4v) is 10.4. The SMILES string of the molecule is BrC1=CSC(=C2SC3=C(SCCS3)S2)S1. The molecule has 0 nitrogen and oxygen atoms in total. The summed E-state index contributed by atoms with van der Waals surface area (Å²) in [7, 11) is 0. The summed E-state index contributed by atoms with van der Waals surface area (Å²) in [6, 6.07) is 0. The molecule has 15 heavy (non-hydrogen) atoms.